The molecule has 32 heavy (non-hydrogen) atoms. The van der Waals surface area contributed by atoms with Crippen LogP contribution in [0.25, 0.3) is 10.3 Å². The predicted molar refractivity (Wildman–Crippen MR) is 133 cm³/mol. The summed E-state index contributed by atoms with van der Waals surface area (Å²) >= 11 is 2.64. The third kappa shape index (κ3) is 4.88. The molecule has 0 saturated carbocycles. The molecule has 2 aromatic heterocycles. The lowest BCUT2D eigenvalue weighted by atomic mass is 10.1. The van der Waals surface area contributed by atoms with Gasteiger partial charge in [-0.25, -0.2) is 4.98 Å². The molecule has 1 fully saturated rings. The topological polar surface area (TPSA) is 80.1 Å². The fraction of sp³-hybridized carbons (Fsp3) is 0.391. The molecule has 3 heterocycles. The van der Waals surface area contributed by atoms with Gasteiger partial charge in [-0.15, -0.1) is 6.58 Å². The van der Waals surface area contributed by atoms with Crippen molar-refractivity contribution in [2.45, 2.75) is 44.8 Å². The number of carbonyl (C=O) groups is 1. The molecule has 3 aromatic rings. The van der Waals surface area contributed by atoms with Crippen molar-refractivity contribution in [1.29, 1.82) is 0 Å². The number of thiazole rings is 1. The summed E-state index contributed by atoms with van der Waals surface area (Å²) in [5.41, 5.74) is 3.38. The molecule has 0 spiro atoms. The van der Waals surface area contributed by atoms with E-state index in [0.29, 0.717) is 22.0 Å². The van der Waals surface area contributed by atoms with Crippen LogP contribution in [0.2, 0.25) is 0 Å². The number of carbonyl (C=O) groups excluding carboxylic acids is 1. The number of fused-ring (bicyclic) bond motifs is 1. The number of rotatable bonds is 7. The number of nitrogens with zero attached hydrogens (tertiary/aromatic N) is 4. The Balaban J connectivity index is 1.55. The zero-order chi connectivity index (χ0) is 22.7. The molecule has 1 saturated heterocycles. The molecule has 1 aliphatic heterocycles. The second-order valence-corrected chi connectivity index (χ2v) is 9.85. The van der Waals surface area contributed by atoms with Crippen molar-refractivity contribution < 1.29 is 4.79 Å². The van der Waals surface area contributed by atoms with E-state index in [1.54, 1.807) is 10.6 Å². The molecule has 168 valence electrons. The number of allylic oxidation sites excluding steroid dienone is 1. The van der Waals surface area contributed by atoms with E-state index in [0.717, 1.165) is 42.3 Å². The van der Waals surface area contributed by atoms with Crippen LogP contribution in [0.4, 0.5) is 10.8 Å². The number of benzene rings is 1. The Hall–Kier alpha value is -2.65. The molecule has 1 amide bonds. The molecule has 1 aliphatic rings. The third-order valence-electron chi connectivity index (χ3n) is 5.53. The number of piperidine rings is 1. The third-order valence-corrected chi connectivity index (χ3v) is 7.60. The number of aromatic nitrogens is 3. The van der Waals surface area contributed by atoms with E-state index in [1.165, 1.54) is 35.1 Å². The van der Waals surface area contributed by atoms with Crippen LogP contribution in [0.3, 0.4) is 0 Å². The zero-order valence-corrected chi connectivity index (χ0v) is 20.0. The molecule has 9 heteroatoms. The van der Waals surface area contributed by atoms with E-state index in [1.807, 2.05) is 32.0 Å². The van der Waals surface area contributed by atoms with Crippen LogP contribution >= 0.6 is 23.1 Å². The first kappa shape index (κ1) is 22.5. The average molecular weight is 470 g/mol. The van der Waals surface area contributed by atoms with Crippen LogP contribution in [0.15, 0.2) is 40.8 Å². The minimum absolute atomic E-state index is 0.132. The Labute approximate surface area is 195 Å². The van der Waals surface area contributed by atoms with E-state index in [-0.39, 0.29) is 17.2 Å². The summed E-state index contributed by atoms with van der Waals surface area (Å²) in [5.74, 6) is -0.00413. The van der Waals surface area contributed by atoms with Gasteiger partial charge in [0, 0.05) is 25.3 Å². The van der Waals surface area contributed by atoms with Crippen molar-refractivity contribution in [3.63, 3.8) is 0 Å². The lowest BCUT2D eigenvalue weighted by Crippen LogP contribution is -2.29. The molecule has 0 radical (unpaired) electrons. The summed E-state index contributed by atoms with van der Waals surface area (Å²) in [6.07, 6.45) is 5.18. The van der Waals surface area contributed by atoms with Gasteiger partial charge in [-0.2, -0.15) is 4.98 Å². The molecule has 0 unspecified atom stereocenters. The van der Waals surface area contributed by atoms with Crippen LogP contribution in [0.1, 0.15) is 30.4 Å². The largest absolute Gasteiger partial charge is 0.348 e. The monoisotopic (exact) mass is 469 g/mol. The lowest BCUT2D eigenvalue weighted by Gasteiger charge is -2.25. The SMILES string of the molecule is C=CCn1c(SCC(=O)Nc2ccc(C)c(C)c2)nc2nc(N3CCCCC3)sc2c1=O. The number of aryl methyl sites for hydroxylation is 2. The predicted octanol–water partition coefficient (Wildman–Crippen LogP) is 4.38. The van der Waals surface area contributed by atoms with E-state index >= 15 is 0 Å². The molecule has 0 aliphatic carbocycles. The Morgan fingerprint density at radius 3 is 2.72 bits per heavy atom. The maximum Gasteiger partial charge on any atom is 0.274 e. The van der Waals surface area contributed by atoms with E-state index in [2.05, 4.69) is 26.8 Å². The van der Waals surface area contributed by atoms with Gasteiger partial charge in [0.25, 0.3) is 5.56 Å². The molecule has 7 nitrogen and oxygen atoms in total. The van der Waals surface area contributed by atoms with Crippen molar-refractivity contribution in [3.8, 4) is 0 Å². The molecular formula is C23H27N5O2S2. The number of nitrogens with one attached hydrogen (secondary N) is 1. The molecule has 4 rings (SSSR count). The van der Waals surface area contributed by atoms with Gasteiger partial charge in [0.2, 0.25) is 5.91 Å². The number of thioether (sulfide) groups is 1. The maximum absolute atomic E-state index is 13.2. The summed E-state index contributed by atoms with van der Waals surface area (Å²) in [6, 6.07) is 5.82. The van der Waals surface area contributed by atoms with Crippen LogP contribution in [0, 0.1) is 13.8 Å². The van der Waals surface area contributed by atoms with Gasteiger partial charge < -0.3 is 10.2 Å². The summed E-state index contributed by atoms with van der Waals surface area (Å²) < 4.78 is 2.12. The second kappa shape index (κ2) is 9.87. The van der Waals surface area contributed by atoms with Crippen LogP contribution < -0.4 is 15.8 Å². The Bertz CT molecular complexity index is 1210. The smallest absolute Gasteiger partial charge is 0.274 e. The summed E-state index contributed by atoms with van der Waals surface area (Å²) in [5, 5.41) is 4.25. The minimum Gasteiger partial charge on any atom is -0.348 e. The normalized spacial score (nSPS) is 14.0. The van der Waals surface area contributed by atoms with E-state index < -0.39 is 0 Å². The quantitative estimate of drug-likeness (QED) is 0.314. The Kier molecular flexibility index (Phi) is 6.95. The summed E-state index contributed by atoms with van der Waals surface area (Å²) in [4.78, 5) is 37.2. The molecule has 0 bridgehead atoms. The van der Waals surface area contributed by atoms with Gasteiger partial charge in [-0.3, -0.25) is 14.2 Å². The van der Waals surface area contributed by atoms with Gasteiger partial charge in [0.15, 0.2) is 15.9 Å². The standard InChI is InChI=1S/C23H27N5O2S2/c1-4-10-28-21(30)19-20(25-22(32-19)27-11-6-5-7-12-27)26-23(28)31-14-18(29)24-17-9-8-15(2)16(3)13-17/h4,8-9,13H,1,5-7,10-12,14H2,2-3H3,(H,24,29). The minimum atomic E-state index is -0.148. The van der Waals surface area contributed by atoms with Gasteiger partial charge in [-0.05, 0) is 56.4 Å². The number of hydrogen-bond acceptors (Lipinski definition) is 7. The van der Waals surface area contributed by atoms with Crippen molar-refractivity contribution >= 4 is 50.2 Å². The number of amides is 1. The summed E-state index contributed by atoms with van der Waals surface area (Å²) in [7, 11) is 0. The van der Waals surface area contributed by atoms with Gasteiger partial charge in [-0.1, -0.05) is 35.2 Å². The van der Waals surface area contributed by atoms with Crippen molar-refractivity contribution in [3.05, 3.63) is 52.3 Å². The molecular weight excluding hydrogens is 442 g/mol. The van der Waals surface area contributed by atoms with Crippen LogP contribution in [-0.4, -0.2) is 39.3 Å². The van der Waals surface area contributed by atoms with Crippen LogP contribution in [-0.2, 0) is 11.3 Å². The van der Waals surface area contributed by atoms with Gasteiger partial charge >= 0.3 is 0 Å². The molecule has 1 N–H and O–H groups in total. The zero-order valence-electron chi connectivity index (χ0n) is 18.4. The average Bonchev–Trinajstić information content (AvgIpc) is 3.22. The van der Waals surface area contributed by atoms with E-state index in [4.69, 9.17) is 0 Å². The highest BCUT2D eigenvalue weighted by molar-refractivity contribution is 7.99. The molecule has 0 atom stereocenters. The van der Waals surface area contributed by atoms with Crippen molar-refractivity contribution in [1.82, 2.24) is 14.5 Å². The Morgan fingerprint density at radius 1 is 1.22 bits per heavy atom. The molecule has 1 aromatic carbocycles. The fourth-order valence-electron chi connectivity index (χ4n) is 3.64. The second-order valence-electron chi connectivity index (χ2n) is 7.93. The van der Waals surface area contributed by atoms with Crippen molar-refractivity contribution in [2.75, 3.05) is 29.1 Å². The number of anilines is 2. The lowest BCUT2D eigenvalue weighted by molar-refractivity contribution is -0.113. The highest BCUT2D eigenvalue weighted by Crippen LogP contribution is 2.29. The highest BCUT2D eigenvalue weighted by atomic mass is 32.2. The van der Waals surface area contributed by atoms with Gasteiger partial charge in [0.1, 0.15) is 4.70 Å². The van der Waals surface area contributed by atoms with Gasteiger partial charge in [0.05, 0.1) is 5.75 Å². The van der Waals surface area contributed by atoms with E-state index in [9.17, 15) is 9.59 Å². The number of hydrogen-bond donors (Lipinski definition) is 1. The first-order valence-corrected chi connectivity index (χ1v) is 12.5. The highest BCUT2D eigenvalue weighted by Gasteiger charge is 2.20. The first-order valence-electron chi connectivity index (χ1n) is 10.7. The maximum atomic E-state index is 13.2. The fourth-order valence-corrected chi connectivity index (χ4v) is 5.45. The summed E-state index contributed by atoms with van der Waals surface area (Å²) in [6.45, 7) is 10.1. The Morgan fingerprint density at radius 2 is 2.00 bits per heavy atom. The first-order chi connectivity index (χ1) is 15.5. The van der Waals surface area contributed by atoms with Crippen LogP contribution in [0.5, 0.6) is 0 Å². The van der Waals surface area contributed by atoms with Crippen molar-refractivity contribution in [2.24, 2.45) is 0 Å².